The number of thiophene rings is 1. The Labute approximate surface area is 106 Å². The van der Waals surface area contributed by atoms with Gasteiger partial charge in [-0.15, -0.1) is 23.7 Å². The van der Waals surface area contributed by atoms with Gasteiger partial charge < -0.3 is 15.8 Å². The van der Waals surface area contributed by atoms with Crippen molar-refractivity contribution in [3.63, 3.8) is 0 Å². The monoisotopic (exact) mass is 264 g/mol. The van der Waals surface area contributed by atoms with Crippen LogP contribution < -0.4 is 11.1 Å². The molecular weight excluding hydrogens is 248 g/mol. The minimum absolute atomic E-state index is 0. The van der Waals surface area contributed by atoms with E-state index in [2.05, 4.69) is 5.32 Å². The molecule has 0 aliphatic rings. The largest absolute Gasteiger partial charge is 0.370 e. The zero-order valence-corrected chi connectivity index (χ0v) is 11.0. The molecule has 1 atom stereocenters. The molecule has 1 unspecified atom stereocenters. The second-order valence-electron chi connectivity index (χ2n) is 3.19. The Kier molecular flexibility index (Phi) is 7.33. The van der Waals surface area contributed by atoms with Crippen molar-refractivity contribution < 1.29 is 9.53 Å². The number of aryl methyl sites for hydroxylation is 1. The van der Waals surface area contributed by atoms with E-state index >= 15 is 0 Å². The third-order valence-electron chi connectivity index (χ3n) is 2.02. The number of nitrogens with one attached hydrogen (secondary N) is 1. The number of nitrogens with two attached hydrogens (primary N) is 1. The van der Waals surface area contributed by atoms with Gasteiger partial charge in [0.15, 0.2) is 0 Å². The Hall–Kier alpha value is -0.620. The second kappa shape index (κ2) is 7.62. The molecule has 0 fully saturated rings. The molecule has 0 saturated heterocycles. The van der Waals surface area contributed by atoms with Gasteiger partial charge in [-0.3, -0.25) is 4.79 Å². The van der Waals surface area contributed by atoms with E-state index in [0.29, 0.717) is 6.54 Å². The number of rotatable bonds is 5. The zero-order chi connectivity index (χ0) is 11.3. The van der Waals surface area contributed by atoms with Crippen LogP contribution in [-0.2, 0) is 16.1 Å². The standard InChI is InChI=1S/C10H16N2O2S.ClH/c1-7-3-4-8(15-7)6-12-10(13)9(5-11)14-2;/h3-4,9H,5-6,11H2,1-2H3,(H,12,13);1H. The van der Waals surface area contributed by atoms with Gasteiger partial charge in [-0.05, 0) is 19.1 Å². The summed E-state index contributed by atoms with van der Waals surface area (Å²) in [7, 11) is 1.48. The van der Waals surface area contributed by atoms with Crippen molar-refractivity contribution in [2.45, 2.75) is 19.6 Å². The van der Waals surface area contributed by atoms with E-state index in [1.807, 2.05) is 19.1 Å². The summed E-state index contributed by atoms with van der Waals surface area (Å²) in [6.45, 7) is 2.77. The number of ether oxygens (including phenoxy) is 1. The highest BCUT2D eigenvalue weighted by atomic mass is 35.5. The van der Waals surface area contributed by atoms with Gasteiger partial charge in [0.1, 0.15) is 6.10 Å². The van der Waals surface area contributed by atoms with Crippen LogP contribution in [0.25, 0.3) is 0 Å². The minimum Gasteiger partial charge on any atom is -0.370 e. The van der Waals surface area contributed by atoms with E-state index in [4.69, 9.17) is 10.5 Å². The van der Waals surface area contributed by atoms with E-state index in [9.17, 15) is 4.79 Å². The second-order valence-corrected chi connectivity index (χ2v) is 4.56. The van der Waals surface area contributed by atoms with Crippen LogP contribution in [0.3, 0.4) is 0 Å². The Balaban J connectivity index is 0.00000225. The van der Waals surface area contributed by atoms with Crippen LogP contribution in [0, 0.1) is 6.92 Å². The minimum atomic E-state index is -0.550. The van der Waals surface area contributed by atoms with Gasteiger partial charge in [-0.1, -0.05) is 0 Å². The predicted octanol–water partition coefficient (Wildman–Crippen LogP) is 1.07. The first-order valence-electron chi connectivity index (χ1n) is 4.73. The van der Waals surface area contributed by atoms with Crippen LogP contribution in [-0.4, -0.2) is 25.7 Å². The number of methoxy groups -OCH3 is 1. The van der Waals surface area contributed by atoms with Crippen LogP contribution in [0.2, 0.25) is 0 Å². The van der Waals surface area contributed by atoms with Crippen molar-refractivity contribution in [3.05, 3.63) is 21.9 Å². The number of halogens is 1. The first kappa shape index (κ1) is 15.4. The molecule has 0 radical (unpaired) electrons. The first-order chi connectivity index (χ1) is 7.17. The SMILES string of the molecule is COC(CN)C(=O)NCc1ccc(C)s1.Cl. The van der Waals surface area contributed by atoms with E-state index in [1.165, 1.54) is 12.0 Å². The molecule has 0 bridgehead atoms. The zero-order valence-electron chi connectivity index (χ0n) is 9.36. The van der Waals surface area contributed by atoms with Crippen LogP contribution in [0.5, 0.6) is 0 Å². The van der Waals surface area contributed by atoms with Gasteiger partial charge in [0, 0.05) is 23.4 Å². The third kappa shape index (κ3) is 4.49. The van der Waals surface area contributed by atoms with E-state index in [1.54, 1.807) is 11.3 Å². The maximum atomic E-state index is 11.5. The normalized spacial score (nSPS) is 11.7. The molecule has 4 nitrogen and oxygen atoms in total. The lowest BCUT2D eigenvalue weighted by atomic mass is 10.3. The lowest BCUT2D eigenvalue weighted by Crippen LogP contribution is -2.40. The molecule has 0 aliphatic heterocycles. The smallest absolute Gasteiger partial charge is 0.250 e. The topological polar surface area (TPSA) is 64.3 Å². The molecule has 1 amide bonds. The summed E-state index contributed by atoms with van der Waals surface area (Å²) in [5.41, 5.74) is 5.37. The van der Waals surface area contributed by atoms with Crippen LogP contribution in [0.1, 0.15) is 9.75 Å². The molecule has 0 aliphatic carbocycles. The summed E-state index contributed by atoms with van der Waals surface area (Å²) in [6, 6.07) is 4.04. The maximum Gasteiger partial charge on any atom is 0.250 e. The van der Waals surface area contributed by atoms with E-state index in [0.717, 1.165) is 4.88 Å². The fraction of sp³-hybridized carbons (Fsp3) is 0.500. The molecule has 0 saturated carbocycles. The summed E-state index contributed by atoms with van der Waals surface area (Å²) in [5.74, 6) is -0.161. The number of hydrogen-bond donors (Lipinski definition) is 2. The van der Waals surface area contributed by atoms with Crippen LogP contribution in [0.15, 0.2) is 12.1 Å². The molecule has 0 spiro atoms. The lowest BCUT2D eigenvalue weighted by Gasteiger charge is -2.12. The number of carbonyl (C=O) groups is 1. The molecule has 92 valence electrons. The molecule has 1 aromatic heterocycles. The quantitative estimate of drug-likeness (QED) is 0.836. The van der Waals surface area contributed by atoms with Crippen molar-refractivity contribution in [2.75, 3.05) is 13.7 Å². The molecular formula is C10H17ClN2O2S. The average Bonchev–Trinajstić information content (AvgIpc) is 2.63. The molecule has 6 heteroatoms. The lowest BCUT2D eigenvalue weighted by molar-refractivity contribution is -0.130. The van der Waals surface area contributed by atoms with Gasteiger partial charge in [-0.2, -0.15) is 0 Å². The van der Waals surface area contributed by atoms with Gasteiger partial charge >= 0.3 is 0 Å². The van der Waals surface area contributed by atoms with Crippen molar-refractivity contribution in [1.29, 1.82) is 0 Å². The Morgan fingerprint density at radius 1 is 1.62 bits per heavy atom. The van der Waals surface area contributed by atoms with Gasteiger partial charge in [-0.25, -0.2) is 0 Å². The average molecular weight is 265 g/mol. The van der Waals surface area contributed by atoms with Crippen LogP contribution >= 0.6 is 23.7 Å². The summed E-state index contributed by atoms with van der Waals surface area (Å²) in [4.78, 5) is 13.8. The summed E-state index contributed by atoms with van der Waals surface area (Å²) in [6.07, 6.45) is -0.550. The Morgan fingerprint density at radius 3 is 2.75 bits per heavy atom. The molecule has 1 aromatic rings. The molecule has 1 rings (SSSR count). The highest BCUT2D eigenvalue weighted by molar-refractivity contribution is 7.11. The van der Waals surface area contributed by atoms with Crippen molar-refractivity contribution >= 4 is 29.7 Å². The van der Waals surface area contributed by atoms with Gasteiger partial charge in [0.05, 0.1) is 6.54 Å². The molecule has 1 heterocycles. The number of carbonyl (C=O) groups excluding carboxylic acids is 1. The number of amides is 1. The summed E-state index contributed by atoms with van der Waals surface area (Å²) < 4.78 is 4.92. The van der Waals surface area contributed by atoms with Crippen molar-refractivity contribution in [2.24, 2.45) is 5.73 Å². The summed E-state index contributed by atoms with van der Waals surface area (Å²) >= 11 is 1.67. The fourth-order valence-electron chi connectivity index (χ4n) is 1.18. The fourth-order valence-corrected chi connectivity index (χ4v) is 2.01. The molecule has 0 aromatic carbocycles. The Morgan fingerprint density at radius 2 is 2.31 bits per heavy atom. The predicted molar refractivity (Wildman–Crippen MR) is 68.0 cm³/mol. The number of hydrogen-bond acceptors (Lipinski definition) is 4. The Bertz CT molecular complexity index is 326. The first-order valence-corrected chi connectivity index (χ1v) is 5.55. The van der Waals surface area contributed by atoms with E-state index in [-0.39, 0.29) is 24.9 Å². The summed E-state index contributed by atoms with van der Waals surface area (Å²) in [5, 5.41) is 2.78. The maximum absolute atomic E-state index is 11.5. The highest BCUT2D eigenvalue weighted by Gasteiger charge is 2.14. The molecule has 3 N–H and O–H groups in total. The van der Waals surface area contributed by atoms with E-state index < -0.39 is 6.10 Å². The van der Waals surface area contributed by atoms with Crippen LogP contribution in [0.4, 0.5) is 0 Å². The van der Waals surface area contributed by atoms with Crippen molar-refractivity contribution in [1.82, 2.24) is 5.32 Å². The molecule has 16 heavy (non-hydrogen) atoms. The van der Waals surface area contributed by atoms with Gasteiger partial charge in [0.25, 0.3) is 5.91 Å². The highest BCUT2D eigenvalue weighted by Crippen LogP contribution is 2.14. The van der Waals surface area contributed by atoms with Crippen molar-refractivity contribution in [3.8, 4) is 0 Å². The third-order valence-corrected chi connectivity index (χ3v) is 3.02. The van der Waals surface area contributed by atoms with Gasteiger partial charge in [0.2, 0.25) is 0 Å².